The molecule has 1 saturated heterocycles. The molecule has 0 saturated carbocycles. The summed E-state index contributed by atoms with van der Waals surface area (Å²) >= 11 is 1.46. The molecule has 2 aromatic carbocycles. The van der Waals surface area contributed by atoms with Crippen molar-refractivity contribution in [3.63, 3.8) is 0 Å². The summed E-state index contributed by atoms with van der Waals surface area (Å²) in [4.78, 5) is 15.1. The molecule has 32 heavy (non-hydrogen) atoms. The van der Waals surface area contributed by atoms with Crippen LogP contribution in [0.2, 0.25) is 0 Å². The standard InChI is InChI=1S/C25H30N4O2S/c1-19-10-9-11-20(2)29(19)24(30)18-32-25-27-26-23(17-31-22-14-7-4-8-15-22)28(25)16-21-12-5-3-6-13-21/h3-8,12-15,19-20H,9-11,16-18H2,1-2H3/t19-,20+. The highest BCUT2D eigenvalue weighted by atomic mass is 32.2. The molecule has 0 bridgehead atoms. The van der Waals surface area contributed by atoms with Crippen molar-refractivity contribution in [2.75, 3.05) is 5.75 Å². The van der Waals surface area contributed by atoms with E-state index in [1.165, 1.54) is 18.2 Å². The van der Waals surface area contributed by atoms with Gasteiger partial charge in [0.15, 0.2) is 11.0 Å². The van der Waals surface area contributed by atoms with Crippen LogP contribution in [0.4, 0.5) is 0 Å². The van der Waals surface area contributed by atoms with Gasteiger partial charge in [0.2, 0.25) is 5.91 Å². The topological polar surface area (TPSA) is 60.3 Å². The molecule has 0 aliphatic carbocycles. The van der Waals surface area contributed by atoms with E-state index < -0.39 is 0 Å². The number of likely N-dealkylation sites (tertiary alicyclic amines) is 1. The molecule has 2 atom stereocenters. The van der Waals surface area contributed by atoms with Gasteiger partial charge in [0.05, 0.1) is 12.3 Å². The molecule has 0 spiro atoms. The minimum atomic E-state index is 0.172. The van der Waals surface area contributed by atoms with Crippen LogP contribution >= 0.6 is 11.8 Å². The summed E-state index contributed by atoms with van der Waals surface area (Å²) in [7, 11) is 0. The maximum Gasteiger partial charge on any atom is 0.233 e. The Bertz CT molecular complexity index is 999. The number of para-hydroxylation sites is 1. The SMILES string of the molecule is C[C@@H]1CCC[C@H](C)N1C(=O)CSc1nnc(COc2ccccc2)n1Cc1ccccc1. The lowest BCUT2D eigenvalue weighted by molar-refractivity contribution is -0.134. The number of aromatic nitrogens is 3. The highest BCUT2D eigenvalue weighted by Crippen LogP contribution is 2.26. The van der Waals surface area contributed by atoms with Crippen LogP contribution in [0.25, 0.3) is 0 Å². The summed E-state index contributed by atoms with van der Waals surface area (Å²) in [6.45, 7) is 5.25. The summed E-state index contributed by atoms with van der Waals surface area (Å²) in [5.74, 6) is 2.07. The van der Waals surface area contributed by atoms with Crippen molar-refractivity contribution in [3.05, 3.63) is 72.1 Å². The predicted octanol–water partition coefficient (Wildman–Crippen LogP) is 4.79. The number of carbonyl (C=O) groups excluding carboxylic acids is 1. The zero-order chi connectivity index (χ0) is 22.3. The maximum absolute atomic E-state index is 13.0. The average Bonchev–Trinajstić information content (AvgIpc) is 3.19. The molecule has 0 radical (unpaired) electrons. The van der Waals surface area contributed by atoms with E-state index >= 15 is 0 Å². The van der Waals surface area contributed by atoms with Gasteiger partial charge < -0.3 is 9.64 Å². The first kappa shape index (κ1) is 22.4. The third-order valence-corrected chi connectivity index (χ3v) is 6.85. The number of hydrogen-bond acceptors (Lipinski definition) is 5. The summed E-state index contributed by atoms with van der Waals surface area (Å²) in [6.07, 6.45) is 3.34. The highest BCUT2D eigenvalue weighted by molar-refractivity contribution is 7.99. The van der Waals surface area contributed by atoms with E-state index in [-0.39, 0.29) is 5.91 Å². The van der Waals surface area contributed by atoms with Gasteiger partial charge in [-0.3, -0.25) is 9.36 Å². The quantitative estimate of drug-likeness (QED) is 0.462. The molecular weight excluding hydrogens is 420 g/mol. The smallest absolute Gasteiger partial charge is 0.233 e. The van der Waals surface area contributed by atoms with Gasteiger partial charge in [0, 0.05) is 12.1 Å². The van der Waals surface area contributed by atoms with E-state index in [2.05, 4.69) is 40.7 Å². The molecule has 1 aliphatic rings. The Labute approximate surface area is 194 Å². The van der Waals surface area contributed by atoms with E-state index in [1.54, 1.807) is 0 Å². The van der Waals surface area contributed by atoms with Gasteiger partial charge in [-0.25, -0.2) is 0 Å². The van der Waals surface area contributed by atoms with Gasteiger partial charge in [0.1, 0.15) is 12.4 Å². The lowest BCUT2D eigenvalue weighted by atomic mass is 9.98. The number of benzene rings is 2. The van der Waals surface area contributed by atoms with Crippen LogP contribution in [-0.2, 0) is 17.9 Å². The second-order valence-corrected chi connectivity index (χ2v) is 9.23. The van der Waals surface area contributed by atoms with Crippen LogP contribution in [0.5, 0.6) is 5.75 Å². The number of hydrogen-bond donors (Lipinski definition) is 0. The lowest BCUT2D eigenvalue weighted by Gasteiger charge is -2.39. The third kappa shape index (κ3) is 5.51. The normalized spacial score (nSPS) is 18.5. The fourth-order valence-corrected chi connectivity index (χ4v) is 5.06. The number of piperidine rings is 1. The lowest BCUT2D eigenvalue weighted by Crippen LogP contribution is -2.48. The van der Waals surface area contributed by atoms with Crippen molar-refractivity contribution < 1.29 is 9.53 Å². The molecule has 0 N–H and O–H groups in total. The number of amides is 1. The zero-order valence-electron chi connectivity index (χ0n) is 18.7. The van der Waals surface area contributed by atoms with Crippen molar-refractivity contribution in [2.24, 2.45) is 0 Å². The monoisotopic (exact) mass is 450 g/mol. The number of nitrogens with zero attached hydrogens (tertiary/aromatic N) is 4. The Hall–Kier alpha value is -2.80. The second-order valence-electron chi connectivity index (χ2n) is 8.29. The van der Waals surface area contributed by atoms with Crippen LogP contribution in [0.3, 0.4) is 0 Å². The van der Waals surface area contributed by atoms with E-state index in [0.717, 1.165) is 35.1 Å². The number of thioether (sulfide) groups is 1. The van der Waals surface area contributed by atoms with E-state index in [0.29, 0.717) is 31.0 Å². The van der Waals surface area contributed by atoms with Gasteiger partial charge in [0.25, 0.3) is 0 Å². The summed E-state index contributed by atoms with van der Waals surface area (Å²) in [5, 5.41) is 9.54. The average molecular weight is 451 g/mol. The van der Waals surface area contributed by atoms with Crippen LogP contribution < -0.4 is 4.74 Å². The van der Waals surface area contributed by atoms with Gasteiger partial charge >= 0.3 is 0 Å². The highest BCUT2D eigenvalue weighted by Gasteiger charge is 2.29. The fourth-order valence-electron chi connectivity index (χ4n) is 4.24. The first-order valence-corrected chi connectivity index (χ1v) is 12.2. The Kier molecular flexibility index (Phi) is 7.47. The first-order chi connectivity index (χ1) is 15.6. The molecule has 0 unspecified atom stereocenters. The molecule has 6 nitrogen and oxygen atoms in total. The van der Waals surface area contributed by atoms with Gasteiger partial charge in [-0.1, -0.05) is 60.3 Å². The van der Waals surface area contributed by atoms with E-state index in [4.69, 9.17) is 4.74 Å². The largest absolute Gasteiger partial charge is 0.486 e. The molecule has 1 amide bonds. The number of carbonyl (C=O) groups is 1. The predicted molar refractivity (Wildman–Crippen MR) is 127 cm³/mol. The van der Waals surface area contributed by atoms with Crippen LogP contribution in [0.1, 0.15) is 44.5 Å². The van der Waals surface area contributed by atoms with Crippen molar-refractivity contribution in [1.82, 2.24) is 19.7 Å². The molecule has 168 valence electrons. The summed E-state index contributed by atoms with van der Waals surface area (Å²) in [6, 6.07) is 20.5. The molecule has 7 heteroatoms. The van der Waals surface area contributed by atoms with Gasteiger partial charge in [-0.2, -0.15) is 0 Å². The molecule has 3 aromatic rings. The van der Waals surface area contributed by atoms with E-state index in [1.807, 2.05) is 53.4 Å². The Balaban J connectivity index is 1.49. The van der Waals surface area contributed by atoms with Crippen molar-refractivity contribution in [1.29, 1.82) is 0 Å². The molecule has 4 rings (SSSR count). The van der Waals surface area contributed by atoms with E-state index in [9.17, 15) is 4.79 Å². The summed E-state index contributed by atoms with van der Waals surface area (Å²) < 4.78 is 7.98. The Morgan fingerprint density at radius 1 is 1.00 bits per heavy atom. The minimum absolute atomic E-state index is 0.172. The molecular formula is C25H30N4O2S. The molecule has 1 aromatic heterocycles. The maximum atomic E-state index is 13.0. The number of rotatable bonds is 8. The molecule has 2 heterocycles. The van der Waals surface area contributed by atoms with Crippen LogP contribution in [0.15, 0.2) is 65.8 Å². The molecule has 1 aliphatic heterocycles. The number of ether oxygens (including phenoxy) is 1. The third-order valence-electron chi connectivity index (χ3n) is 5.89. The van der Waals surface area contributed by atoms with Crippen LogP contribution in [0, 0.1) is 0 Å². The van der Waals surface area contributed by atoms with Gasteiger partial charge in [-0.05, 0) is 50.8 Å². The zero-order valence-corrected chi connectivity index (χ0v) is 19.5. The fraction of sp³-hybridized carbons (Fsp3) is 0.400. The second kappa shape index (κ2) is 10.7. The van der Waals surface area contributed by atoms with Crippen LogP contribution in [-0.4, -0.2) is 43.4 Å². The van der Waals surface area contributed by atoms with Gasteiger partial charge in [-0.15, -0.1) is 10.2 Å². The molecule has 1 fully saturated rings. The Morgan fingerprint density at radius 3 is 2.34 bits per heavy atom. The van der Waals surface area contributed by atoms with Crippen molar-refractivity contribution in [2.45, 2.75) is 63.5 Å². The first-order valence-electron chi connectivity index (χ1n) is 11.2. The Morgan fingerprint density at radius 2 is 1.66 bits per heavy atom. The van der Waals surface area contributed by atoms with Crippen molar-refractivity contribution >= 4 is 17.7 Å². The summed E-state index contributed by atoms with van der Waals surface area (Å²) in [5.41, 5.74) is 1.15. The van der Waals surface area contributed by atoms with Crippen molar-refractivity contribution in [3.8, 4) is 5.75 Å². The minimum Gasteiger partial charge on any atom is -0.486 e.